The Kier molecular flexibility index (Phi) is 3.01. The van der Waals surface area contributed by atoms with Gasteiger partial charge in [-0.05, 0) is 55.8 Å². The van der Waals surface area contributed by atoms with Crippen LogP contribution in [0.4, 0.5) is 0 Å². The van der Waals surface area contributed by atoms with Gasteiger partial charge in [-0.2, -0.15) is 0 Å². The number of hydrogen-bond donors (Lipinski definition) is 0. The lowest BCUT2D eigenvalue weighted by molar-refractivity contribution is 0.722. The molecule has 0 amide bonds. The van der Waals surface area contributed by atoms with Crippen LogP contribution in [0.15, 0.2) is 39.5 Å². The van der Waals surface area contributed by atoms with E-state index in [1.165, 1.54) is 11.1 Å². The molecule has 2 nitrogen and oxygen atoms in total. The minimum Gasteiger partial charge on any atom is -0.225 e. The highest BCUT2D eigenvalue weighted by Crippen LogP contribution is 2.36. The minimum absolute atomic E-state index is 0.333. The lowest BCUT2D eigenvalue weighted by atomic mass is 10.0. The van der Waals surface area contributed by atoms with E-state index in [9.17, 15) is 0 Å². The third-order valence-electron chi connectivity index (χ3n) is 3.13. The van der Waals surface area contributed by atoms with Crippen LogP contribution in [-0.2, 0) is 6.42 Å². The van der Waals surface area contributed by atoms with Crippen LogP contribution in [0.25, 0.3) is 0 Å². The van der Waals surface area contributed by atoms with Gasteiger partial charge in [-0.15, -0.1) is 0 Å². The summed E-state index contributed by atoms with van der Waals surface area (Å²) in [5, 5.41) is 0. The third-order valence-corrected chi connectivity index (χ3v) is 3.94. The number of rotatable bonds is 1. The second-order valence-corrected chi connectivity index (χ2v) is 5.79. The molecule has 4 heteroatoms. The minimum atomic E-state index is 0.333. The lowest BCUT2D eigenvalue weighted by Gasteiger charge is -2.10. The molecule has 1 aromatic heterocycles. The Morgan fingerprint density at radius 1 is 1.06 bits per heavy atom. The van der Waals surface area contributed by atoms with Crippen LogP contribution in [0.1, 0.15) is 29.3 Å². The number of fused-ring (bicyclic) bond motifs is 1. The van der Waals surface area contributed by atoms with Crippen molar-refractivity contribution in [2.45, 2.75) is 18.8 Å². The molecule has 0 bridgehead atoms. The van der Waals surface area contributed by atoms with Gasteiger partial charge in [-0.25, -0.2) is 9.97 Å². The Labute approximate surface area is 117 Å². The second kappa shape index (κ2) is 4.50. The third kappa shape index (κ3) is 2.16. The summed E-state index contributed by atoms with van der Waals surface area (Å²) in [4.78, 5) is 8.98. The van der Waals surface area contributed by atoms with E-state index < -0.39 is 0 Å². The van der Waals surface area contributed by atoms with Crippen molar-refractivity contribution in [3.8, 4) is 0 Å². The summed E-state index contributed by atoms with van der Waals surface area (Å²) in [5.74, 6) is 1.23. The Balaban J connectivity index is 2.06. The molecule has 1 heterocycles. The van der Waals surface area contributed by atoms with Gasteiger partial charge in [0.1, 0.15) is 15.0 Å². The molecule has 0 fully saturated rings. The molecular weight excluding hydrogens is 344 g/mol. The Hall–Kier alpha value is -0.740. The number of nitrogens with zero attached hydrogens (tertiary/aromatic N) is 2. The van der Waals surface area contributed by atoms with Crippen molar-refractivity contribution in [3.05, 3.63) is 56.5 Å². The summed E-state index contributed by atoms with van der Waals surface area (Å²) < 4.78 is 1.66. The van der Waals surface area contributed by atoms with E-state index in [0.29, 0.717) is 5.92 Å². The molecule has 1 atom stereocenters. The van der Waals surface area contributed by atoms with Gasteiger partial charge in [0.25, 0.3) is 0 Å². The molecule has 1 aliphatic carbocycles. The maximum atomic E-state index is 4.49. The first kappa shape index (κ1) is 11.4. The summed E-state index contributed by atoms with van der Waals surface area (Å²) in [7, 11) is 0. The average Bonchev–Trinajstić information content (AvgIpc) is 2.71. The SMILES string of the molecule is Brc1cc(Br)nc(C2CCc3ccccc32)n1. The van der Waals surface area contributed by atoms with Crippen molar-refractivity contribution in [2.24, 2.45) is 0 Å². The quantitative estimate of drug-likeness (QED) is 0.722. The first-order valence-electron chi connectivity index (χ1n) is 5.52. The Morgan fingerprint density at radius 3 is 2.53 bits per heavy atom. The highest BCUT2D eigenvalue weighted by atomic mass is 79.9. The monoisotopic (exact) mass is 352 g/mol. The van der Waals surface area contributed by atoms with Crippen molar-refractivity contribution in [1.82, 2.24) is 9.97 Å². The lowest BCUT2D eigenvalue weighted by Crippen LogP contribution is -2.03. The number of hydrogen-bond acceptors (Lipinski definition) is 2. The van der Waals surface area contributed by atoms with E-state index in [1.54, 1.807) is 0 Å². The maximum absolute atomic E-state index is 4.49. The van der Waals surface area contributed by atoms with Crippen LogP contribution in [-0.4, -0.2) is 9.97 Å². The number of benzene rings is 1. The van der Waals surface area contributed by atoms with Gasteiger partial charge in [0.05, 0.1) is 0 Å². The second-order valence-electron chi connectivity index (χ2n) is 4.16. The predicted molar refractivity (Wildman–Crippen MR) is 74.0 cm³/mol. The van der Waals surface area contributed by atoms with Crippen molar-refractivity contribution in [2.75, 3.05) is 0 Å². The van der Waals surface area contributed by atoms with Crippen LogP contribution in [0.3, 0.4) is 0 Å². The number of aromatic nitrogens is 2. The van der Waals surface area contributed by atoms with Gasteiger partial charge >= 0.3 is 0 Å². The Morgan fingerprint density at radius 2 is 1.76 bits per heavy atom. The standard InChI is InChI=1S/C13H10Br2N2/c14-11-7-12(15)17-13(16-11)10-6-5-8-3-1-2-4-9(8)10/h1-4,7,10H,5-6H2. The van der Waals surface area contributed by atoms with E-state index in [1.807, 2.05) is 6.07 Å². The van der Waals surface area contributed by atoms with Gasteiger partial charge in [0.2, 0.25) is 0 Å². The molecule has 17 heavy (non-hydrogen) atoms. The molecule has 3 rings (SSSR count). The molecule has 0 radical (unpaired) electrons. The van der Waals surface area contributed by atoms with Crippen molar-refractivity contribution in [3.63, 3.8) is 0 Å². The molecule has 86 valence electrons. The summed E-state index contributed by atoms with van der Waals surface area (Å²) in [6.07, 6.45) is 2.22. The molecule has 0 aliphatic heterocycles. The van der Waals surface area contributed by atoms with Gasteiger partial charge < -0.3 is 0 Å². The average molecular weight is 354 g/mol. The van der Waals surface area contributed by atoms with Gasteiger partial charge in [0.15, 0.2) is 0 Å². The van der Waals surface area contributed by atoms with Crippen LogP contribution >= 0.6 is 31.9 Å². The van der Waals surface area contributed by atoms with Crippen molar-refractivity contribution < 1.29 is 0 Å². The first-order valence-corrected chi connectivity index (χ1v) is 7.10. The largest absolute Gasteiger partial charge is 0.225 e. The van der Waals surface area contributed by atoms with Gasteiger partial charge in [-0.3, -0.25) is 0 Å². The summed E-state index contributed by atoms with van der Waals surface area (Å²) in [6, 6.07) is 10.4. The summed E-state index contributed by atoms with van der Waals surface area (Å²) in [6.45, 7) is 0. The molecule has 0 N–H and O–H groups in total. The molecule has 0 saturated heterocycles. The zero-order chi connectivity index (χ0) is 11.8. The van der Waals surface area contributed by atoms with Gasteiger partial charge in [-0.1, -0.05) is 24.3 Å². The summed E-state index contributed by atoms with van der Waals surface area (Å²) >= 11 is 6.84. The van der Waals surface area contributed by atoms with E-state index in [2.05, 4.69) is 66.1 Å². The fourth-order valence-electron chi connectivity index (χ4n) is 2.39. The first-order chi connectivity index (χ1) is 8.24. The fourth-order valence-corrected chi connectivity index (χ4v) is 3.49. The number of aryl methyl sites for hydroxylation is 1. The van der Waals surface area contributed by atoms with Crippen LogP contribution in [0, 0.1) is 0 Å². The highest BCUT2D eigenvalue weighted by molar-refractivity contribution is 9.11. The van der Waals surface area contributed by atoms with E-state index in [-0.39, 0.29) is 0 Å². The van der Waals surface area contributed by atoms with E-state index >= 15 is 0 Å². The van der Waals surface area contributed by atoms with E-state index in [0.717, 1.165) is 27.9 Å². The Bertz CT molecular complexity index is 549. The smallest absolute Gasteiger partial charge is 0.138 e. The normalized spacial score (nSPS) is 18.1. The topological polar surface area (TPSA) is 25.8 Å². The highest BCUT2D eigenvalue weighted by Gasteiger charge is 2.26. The number of halogens is 2. The fraction of sp³-hybridized carbons (Fsp3) is 0.231. The zero-order valence-electron chi connectivity index (χ0n) is 9.03. The molecule has 1 unspecified atom stereocenters. The zero-order valence-corrected chi connectivity index (χ0v) is 12.2. The molecule has 1 aliphatic rings. The molecular formula is C13H10Br2N2. The summed E-state index contributed by atoms with van der Waals surface area (Å²) in [5.41, 5.74) is 2.80. The van der Waals surface area contributed by atoms with Gasteiger partial charge in [0, 0.05) is 12.0 Å². The molecule has 0 spiro atoms. The van der Waals surface area contributed by atoms with Crippen LogP contribution < -0.4 is 0 Å². The van der Waals surface area contributed by atoms with E-state index in [4.69, 9.17) is 0 Å². The predicted octanol–water partition coefficient (Wildman–Crippen LogP) is 4.08. The van der Waals surface area contributed by atoms with Crippen molar-refractivity contribution in [1.29, 1.82) is 0 Å². The molecule has 2 aromatic rings. The maximum Gasteiger partial charge on any atom is 0.138 e. The van der Waals surface area contributed by atoms with Crippen LogP contribution in [0.5, 0.6) is 0 Å². The van der Waals surface area contributed by atoms with Crippen LogP contribution in [0.2, 0.25) is 0 Å². The van der Waals surface area contributed by atoms with Crippen molar-refractivity contribution >= 4 is 31.9 Å². The molecule has 0 saturated carbocycles. The molecule has 1 aromatic carbocycles.